The minimum atomic E-state index is 0. The van der Waals surface area contributed by atoms with Crippen molar-refractivity contribution in [2.75, 3.05) is 33.3 Å². The van der Waals surface area contributed by atoms with Crippen molar-refractivity contribution in [3.63, 3.8) is 0 Å². The number of halogens is 3. The number of rotatable bonds is 5. The van der Waals surface area contributed by atoms with Gasteiger partial charge in [-0.15, -0.1) is 12.4 Å². The lowest BCUT2D eigenvalue weighted by atomic mass is 10.1. The lowest BCUT2D eigenvalue weighted by Gasteiger charge is -2.32. The quantitative estimate of drug-likeness (QED) is 0.889. The molecule has 0 radical (unpaired) electrons. The Morgan fingerprint density at radius 3 is 2.70 bits per heavy atom. The van der Waals surface area contributed by atoms with E-state index in [0.29, 0.717) is 28.4 Å². The molecule has 1 N–H and O–H groups in total. The van der Waals surface area contributed by atoms with Gasteiger partial charge < -0.3 is 10.1 Å². The minimum absolute atomic E-state index is 0. The van der Waals surface area contributed by atoms with E-state index in [0.717, 1.165) is 19.6 Å². The summed E-state index contributed by atoms with van der Waals surface area (Å²) in [5, 5.41) is 4.47. The summed E-state index contributed by atoms with van der Waals surface area (Å²) in [5.41, 5.74) is 0. The van der Waals surface area contributed by atoms with Crippen molar-refractivity contribution in [3.8, 4) is 5.75 Å². The Morgan fingerprint density at radius 1 is 1.35 bits per heavy atom. The molecule has 1 aliphatic rings. The Hall–Kier alpha value is -0.190. The van der Waals surface area contributed by atoms with E-state index in [4.69, 9.17) is 27.9 Å². The average Bonchev–Trinajstić information content (AvgIpc) is 2.42. The number of ether oxygens (including phenoxy) is 1. The Kier molecular flexibility index (Phi) is 8.00. The molecule has 6 heteroatoms. The summed E-state index contributed by atoms with van der Waals surface area (Å²) in [6.07, 6.45) is 2.49. The predicted molar refractivity (Wildman–Crippen MR) is 87.7 cm³/mol. The Morgan fingerprint density at radius 2 is 2.05 bits per heavy atom. The number of para-hydroxylation sites is 1. The van der Waals surface area contributed by atoms with Crippen LogP contribution < -0.4 is 10.1 Å². The van der Waals surface area contributed by atoms with Gasteiger partial charge in [0, 0.05) is 19.1 Å². The molecule has 1 fully saturated rings. The number of likely N-dealkylation sites (tertiary alicyclic amines) is 1. The standard InChI is InChI=1S/C14H20Cl2N2O.ClH/c1-17-11-4-3-7-18(10-11)8-9-19-14-12(15)5-2-6-13(14)16;/h2,5-6,11,17H,3-4,7-10H2,1H3;1H. The highest BCUT2D eigenvalue weighted by Crippen LogP contribution is 2.32. The van der Waals surface area contributed by atoms with Crippen molar-refractivity contribution in [2.24, 2.45) is 0 Å². The first kappa shape index (κ1) is 17.9. The van der Waals surface area contributed by atoms with E-state index in [1.54, 1.807) is 12.1 Å². The molecule has 0 saturated carbocycles. The van der Waals surface area contributed by atoms with E-state index in [9.17, 15) is 0 Å². The molecule has 0 spiro atoms. The van der Waals surface area contributed by atoms with Crippen LogP contribution in [-0.4, -0.2) is 44.2 Å². The topological polar surface area (TPSA) is 24.5 Å². The van der Waals surface area contributed by atoms with Crippen molar-refractivity contribution < 1.29 is 4.74 Å². The molecular formula is C14H21Cl3N2O. The van der Waals surface area contributed by atoms with Gasteiger partial charge in [0.05, 0.1) is 10.0 Å². The maximum atomic E-state index is 6.06. The normalized spacial score (nSPS) is 19.4. The Labute approximate surface area is 137 Å². The van der Waals surface area contributed by atoms with Gasteiger partial charge in [-0.25, -0.2) is 0 Å². The van der Waals surface area contributed by atoms with Crippen LogP contribution >= 0.6 is 35.6 Å². The molecule has 0 aromatic heterocycles. The fraction of sp³-hybridized carbons (Fsp3) is 0.571. The number of nitrogens with zero attached hydrogens (tertiary/aromatic N) is 1. The number of benzene rings is 1. The highest BCUT2D eigenvalue weighted by Gasteiger charge is 2.18. The van der Waals surface area contributed by atoms with Crippen molar-refractivity contribution in [1.29, 1.82) is 0 Å². The summed E-state index contributed by atoms with van der Waals surface area (Å²) in [6, 6.07) is 6.00. The van der Waals surface area contributed by atoms with E-state index < -0.39 is 0 Å². The molecule has 0 amide bonds. The molecule has 0 bridgehead atoms. The summed E-state index contributed by atoms with van der Waals surface area (Å²) in [4.78, 5) is 2.41. The zero-order valence-corrected chi connectivity index (χ0v) is 13.9. The van der Waals surface area contributed by atoms with Crippen molar-refractivity contribution in [3.05, 3.63) is 28.2 Å². The number of hydrogen-bond acceptors (Lipinski definition) is 3. The highest BCUT2D eigenvalue weighted by molar-refractivity contribution is 6.37. The van der Waals surface area contributed by atoms with Crippen LogP contribution in [0.4, 0.5) is 0 Å². The van der Waals surface area contributed by atoms with Gasteiger partial charge in [0.2, 0.25) is 0 Å². The SMILES string of the molecule is CNC1CCCN(CCOc2c(Cl)cccc2Cl)C1.Cl. The molecule has 1 heterocycles. The Bertz CT molecular complexity index is 397. The third-order valence-corrected chi connectivity index (χ3v) is 4.08. The third-order valence-electron chi connectivity index (χ3n) is 3.49. The van der Waals surface area contributed by atoms with E-state index in [2.05, 4.69) is 10.2 Å². The Balaban J connectivity index is 0.00000200. The first-order valence-corrected chi connectivity index (χ1v) is 7.42. The van der Waals surface area contributed by atoms with Gasteiger partial charge in [-0.2, -0.15) is 0 Å². The fourth-order valence-corrected chi connectivity index (χ4v) is 2.90. The first-order valence-electron chi connectivity index (χ1n) is 6.67. The summed E-state index contributed by atoms with van der Waals surface area (Å²) < 4.78 is 5.71. The molecule has 1 aromatic rings. The molecule has 1 aromatic carbocycles. The van der Waals surface area contributed by atoms with Gasteiger partial charge in [0.1, 0.15) is 6.61 Å². The molecular weight excluding hydrogens is 319 g/mol. The van der Waals surface area contributed by atoms with E-state index in [1.807, 2.05) is 13.1 Å². The van der Waals surface area contributed by atoms with Crippen molar-refractivity contribution >= 4 is 35.6 Å². The second-order valence-corrected chi connectivity index (χ2v) is 5.64. The zero-order chi connectivity index (χ0) is 13.7. The van der Waals surface area contributed by atoms with E-state index in [-0.39, 0.29) is 12.4 Å². The fourth-order valence-electron chi connectivity index (χ4n) is 2.39. The van der Waals surface area contributed by atoms with Crippen LogP contribution in [0.1, 0.15) is 12.8 Å². The zero-order valence-electron chi connectivity index (χ0n) is 11.6. The maximum Gasteiger partial charge on any atom is 0.156 e. The maximum absolute atomic E-state index is 6.06. The molecule has 3 nitrogen and oxygen atoms in total. The number of nitrogens with one attached hydrogen (secondary N) is 1. The van der Waals surface area contributed by atoms with Gasteiger partial charge >= 0.3 is 0 Å². The summed E-state index contributed by atoms with van der Waals surface area (Å²) in [5.74, 6) is 0.591. The number of piperidine rings is 1. The van der Waals surface area contributed by atoms with E-state index in [1.165, 1.54) is 12.8 Å². The van der Waals surface area contributed by atoms with Gasteiger partial charge in [0.25, 0.3) is 0 Å². The third kappa shape index (κ3) is 4.97. The molecule has 20 heavy (non-hydrogen) atoms. The number of hydrogen-bond donors (Lipinski definition) is 1. The molecule has 1 aliphatic heterocycles. The molecule has 114 valence electrons. The average molecular weight is 340 g/mol. The predicted octanol–water partition coefficient (Wildman–Crippen LogP) is 3.48. The summed E-state index contributed by atoms with van der Waals surface area (Å²) >= 11 is 12.1. The molecule has 1 atom stereocenters. The highest BCUT2D eigenvalue weighted by atomic mass is 35.5. The lowest BCUT2D eigenvalue weighted by Crippen LogP contribution is -2.45. The van der Waals surface area contributed by atoms with Crippen molar-refractivity contribution in [1.82, 2.24) is 10.2 Å². The monoisotopic (exact) mass is 338 g/mol. The smallest absolute Gasteiger partial charge is 0.156 e. The molecule has 1 saturated heterocycles. The second kappa shape index (κ2) is 8.96. The van der Waals surface area contributed by atoms with E-state index >= 15 is 0 Å². The van der Waals surface area contributed by atoms with Crippen LogP contribution in [0, 0.1) is 0 Å². The van der Waals surface area contributed by atoms with Crippen LogP contribution in [0.25, 0.3) is 0 Å². The van der Waals surface area contributed by atoms with Crippen LogP contribution in [0.5, 0.6) is 5.75 Å². The van der Waals surface area contributed by atoms with Gasteiger partial charge in [-0.3, -0.25) is 4.90 Å². The molecule has 2 rings (SSSR count). The largest absolute Gasteiger partial charge is 0.489 e. The van der Waals surface area contributed by atoms with Gasteiger partial charge in [-0.05, 0) is 38.6 Å². The summed E-state index contributed by atoms with van der Waals surface area (Å²) in [6.45, 7) is 3.73. The van der Waals surface area contributed by atoms with Crippen LogP contribution in [-0.2, 0) is 0 Å². The van der Waals surface area contributed by atoms with Gasteiger partial charge in [0.15, 0.2) is 5.75 Å². The summed E-state index contributed by atoms with van der Waals surface area (Å²) in [7, 11) is 2.02. The van der Waals surface area contributed by atoms with Crippen molar-refractivity contribution in [2.45, 2.75) is 18.9 Å². The number of likely N-dealkylation sites (N-methyl/N-ethyl adjacent to an activating group) is 1. The second-order valence-electron chi connectivity index (χ2n) is 4.83. The lowest BCUT2D eigenvalue weighted by molar-refractivity contribution is 0.162. The first-order chi connectivity index (χ1) is 9.20. The van der Waals surface area contributed by atoms with Crippen LogP contribution in [0.2, 0.25) is 10.0 Å². The van der Waals surface area contributed by atoms with Gasteiger partial charge in [-0.1, -0.05) is 29.3 Å². The van der Waals surface area contributed by atoms with Crippen LogP contribution in [0.15, 0.2) is 18.2 Å². The molecule has 0 aliphatic carbocycles. The minimum Gasteiger partial charge on any atom is -0.489 e. The van der Waals surface area contributed by atoms with Crippen LogP contribution in [0.3, 0.4) is 0 Å². The molecule has 1 unspecified atom stereocenters.